The van der Waals surface area contributed by atoms with Crippen molar-refractivity contribution in [3.8, 4) is 0 Å². The predicted octanol–water partition coefficient (Wildman–Crippen LogP) is 2.32. The van der Waals surface area contributed by atoms with Crippen LogP contribution in [-0.4, -0.2) is 15.1 Å². The fourth-order valence-electron chi connectivity index (χ4n) is 1.33. The molecule has 0 aliphatic heterocycles. The maximum atomic E-state index is 10.1. The number of halogens is 1. The molecule has 2 aromatic heterocycles. The lowest BCUT2D eigenvalue weighted by Gasteiger charge is -2.11. The number of aromatic nitrogens is 2. The summed E-state index contributed by atoms with van der Waals surface area (Å²) in [7, 11) is 0. The predicted molar refractivity (Wildman–Crippen MR) is 60.2 cm³/mol. The third-order valence-electron chi connectivity index (χ3n) is 2.10. The van der Waals surface area contributed by atoms with Crippen LogP contribution in [0.2, 0.25) is 0 Å². The zero-order valence-corrected chi connectivity index (χ0v) is 9.42. The van der Waals surface area contributed by atoms with E-state index in [1.54, 1.807) is 36.8 Å². The summed E-state index contributed by atoms with van der Waals surface area (Å²) in [4.78, 5) is 7.97. The van der Waals surface area contributed by atoms with Crippen LogP contribution in [0, 0.1) is 0 Å². The van der Waals surface area contributed by atoms with Crippen LogP contribution in [0.5, 0.6) is 0 Å². The Labute approximate surface area is 96.0 Å². The minimum atomic E-state index is -0.670. The van der Waals surface area contributed by atoms with Gasteiger partial charge in [0.1, 0.15) is 10.7 Å². The molecule has 0 spiro atoms. The smallest absolute Gasteiger partial charge is 0.112 e. The Bertz CT molecular complexity index is 447. The van der Waals surface area contributed by atoms with Crippen molar-refractivity contribution in [1.29, 1.82) is 0 Å². The molecule has 0 saturated carbocycles. The van der Waals surface area contributed by atoms with Crippen LogP contribution in [0.4, 0.5) is 0 Å². The van der Waals surface area contributed by atoms with Crippen molar-refractivity contribution in [1.82, 2.24) is 9.97 Å². The second-order valence-corrected chi connectivity index (χ2v) is 3.82. The molecule has 0 aliphatic carbocycles. The summed E-state index contributed by atoms with van der Waals surface area (Å²) >= 11 is 3.31. The van der Waals surface area contributed by atoms with Crippen LogP contribution >= 0.6 is 15.9 Å². The summed E-state index contributed by atoms with van der Waals surface area (Å²) in [5.41, 5.74) is 1.56. The van der Waals surface area contributed by atoms with Crippen molar-refractivity contribution in [2.24, 2.45) is 0 Å². The number of hydrogen-bond acceptors (Lipinski definition) is 3. The van der Waals surface area contributed by atoms with Gasteiger partial charge in [-0.1, -0.05) is 6.07 Å². The lowest BCUT2D eigenvalue weighted by atomic mass is 10.1. The topological polar surface area (TPSA) is 46.0 Å². The molecule has 2 aromatic rings. The molecule has 15 heavy (non-hydrogen) atoms. The Balaban J connectivity index is 2.37. The molecule has 2 rings (SSSR count). The number of hydrogen-bond donors (Lipinski definition) is 1. The van der Waals surface area contributed by atoms with Gasteiger partial charge in [-0.15, -0.1) is 0 Å². The van der Waals surface area contributed by atoms with Crippen molar-refractivity contribution in [3.63, 3.8) is 0 Å². The Kier molecular flexibility index (Phi) is 3.08. The molecule has 1 N–H and O–H groups in total. The Morgan fingerprint density at radius 3 is 2.53 bits per heavy atom. The zero-order valence-electron chi connectivity index (χ0n) is 7.84. The fourth-order valence-corrected chi connectivity index (χ4v) is 1.79. The Morgan fingerprint density at radius 1 is 1.13 bits per heavy atom. The number of aliphatic hydroxyl groups excluding tert-OH is 1. The summed E-state index contributed by atoms with van der Waals surface area (Å²) in [6, 6.07) is 7.20. The quantitative estimate of drug-likeness (QED) is 0.847. The fraction of sp³-hybridized carbons (Fsp3) is 0.0909. The zero-order chi connectivity index (χ0) is 10.7. The molecule has 76 valence electrons. The molecule has 0 radical (unpaired) electrons. The molecule has 0 bridgehead atoms. The molecule has 0 saturated heterocycles. The first kappa shape index (κ1) is 10.3. The summed E-state index contributed by atoms with van der Waals surface area (Å²) < 4.78 is 0.661. The van der Waals surface area contributed by atoms with E-state index in [1.165, 1.54) is 0 Å². The molecule has 1 unspecified atom stereocenters. The first-order valence-corrected chi connectivity index (χ1v) is 5.27. The third-order valence-corrected chi connectivity index (χ3v) is 2.77. The second-order valence-electron chi connectivity index (χ2n) is 3.07. The normalized spacial score (nSPS) is 12.4. The van der Waals surface area contributed by atoms with Crippen LogP contribution < -0.4 is 0 Å². The highest BCUT2D eigenvalue weighted by atomic mass is 79.9. The lowest BCUT2D eigenvalue weighted by Crippen LogP contribution is -2.01. The molecule has 0 amide bonds. The van der Waals surface area contributed by atoms with Gasteiger partial charge in [0.05, 0.1) is 0 Å². The van der Waals surface area contributed by atoms with Crippen LogP contribution in [-0.2, 0) is 0 Å². The lowest BCUT2D eigenvalue weighted by molar-refractivity contribution is 0.219. The van der Waals surface area contributed by atoms with Crippen LogP contribution in [0.3, 0.4) is 0 Å². The van der Waals surface area contributed by atoms with Gasteiger partial charge in [0.15, 0.2) is 0 Å². The van der Waals surface area contributed by atoms with Gasteiger partial charge in [0.25, 0.3) is 0 Å². The van der Waals surface area contributed by atoms with E-state index < -0.39 is 6.10 Å². The van der Waals surface area contributed by atoms with E-state index in [9.17, 15) is 5.11 Å². The molecule has 3 nitrogen and oxygen atoms in total. The highest BCUT2D eigenvalue weighted by Gasteiger charge is 2.13. The van der Waals surface area contributed by atoms with Crippen LogP contribution in [0.1, 0.15) is 17.2 Å². The van der Waals surface area contributed by atoms with Gasteiger partial charge in [0.2, 0.25) is 0 Å². The molecule has 0 aromatic carbocycles. The minimum absolute atomic E-state index is 0.661. The average molecular weight is 265 g/mol. The van der Waals surface area contributed by atoms with Crippen LogP contribution in [0.25, 0.3) is 0 Å². The molecule has 2 heterocycles. The number of pyridine rings is 2. The van der Waals surface area contributed by atoms with Crippen molar-refractivity contribution < 1.29 is 5.11 Å². The number of rotatable bonds is 2. The molecular weight excluding hydrogens is 256 g/mol. The minimum Gasteiger partial charge on any atom is -0.384 e. The van der Waals surface area contributed by atoms with Gasteiger partial charge in [-0.05, 0) is 39.7 Å². The first-order valence-electron chi connectivity index (χ1n) is 4.47. The number of nitrogens with zero attached hydrogens (tertiary/aromatic N) is 2. The maximum absolute atomic E-state index is 10.1. The first-order chi connectivity index (χ1) is 7.29. The van der Waals surface area contributed by atoms with E-state index in [0.717, 1.165) is 11.1 Å². The van der Waals surface area contributed by atoms with E-state index in [1.807, 2.05) is 6.07 Å². The molecule has 0 fully saturated rings. The molecule has 0 aliphatic rings. The van der Waals surface area contributed by atoms with E-state index >= 15 is 0 Å². The highest BCUT2D eigenvalue weighted by molar-refractivity contribution is 9.10. The van der Waals surface area contributed by atoms with Gasteiger partial charge in [-0.25, -0.2) is 4.98 Å². The van der Waals surface area contributed by atoms with Gasteiger partial charge >= 0.3 is 0 Å². The largest absolute Gasteiger partial charge is 0.384 e. The Hall–Kier alpha value is -1.26. The Morgan fingerprint density at radius 2 is 1.87 bits per heavy atom. The van der Waals surface area contributed by atoms with E-state index in [4.69, 9.17) is 0 Å². The summed E-state index contributed by atoms with van der Waals surface area (Å²) in [6.07, 6.45) is 4.31. The number of aliphatic hydroxyl groups is 1. The average Bonchev–Trinajstić information content (AvgIpc) is 2.30. The third kappa shape index (κ3) is 2.22. The van der Waals surface area contributed by atoms with Gasteiger partial charge in [-0.3, -0.25) is 4.98 Å². The van der Waals surface area contributed by atoms with Crippen molar-refractivity contribution in [3.05, 3.63) is 58.6 Å². The van der Waals surface area contributed by atoms with Gasteiger partial charge in [-0.2, -0.15) is 0 Å². The van der Waals surface area contributed by atoms with Crippen molar-refractivity contribution in [2.75, 3.05) is 0 Å². The van der Waals surface area contributed by atoms with E-state index in [0.29, 0.717) is 4.60 Å². The monoisotopic (exact) mass is 264 g/mol. The van der Waals surface area contributed by atoms with Gasteiger partial charge < -0.3 is 5.11 Å². The van der Waals surface area contributed by atoms with Crippen molar-refractivity contribution in [2.45, 2.75) is 6.10 Å². The summed E-state index contributed by atoms with van der Waals surface area (Å²) in [5, 5.41) is 10.1. The summed E-state index contributed by atoms with van der Waals surface area (Å²) in [5.74, 6) is 0. The molecule has 4 heteroatoms. The van der Waals surface area contributed by atoms with E-state index in [2.05, 4.69) is 25.9 Å². The van der Waals surface area contributed by atoms with Gasteiger partial charge in [0, 0.05) is 24.2 Å². The standard InChI is InChI=1S/C11H9BrN2O/c12-11-9(2-1-5-14-11)10(15)8-3-6-13-7-4-8/h1-7,10,15H. The van der Waals surface area contributed by atoms with Crippen LogP contribution in [0.15, 0.2) is 47.5 Å². The summed E-state index contributed by atoms with van der Waals surface area (Å²) in [6.45, 7) is 0. The SMILES string of the molecule is OC(c1ccncc1)c1cccnc1Br. The second kappa shape index (κ2) is 4.51. The van der Waals surface area contributed by atoms with E-state index in [-0.39, 0.29) is 0 Å². The molecular formula is C11H9BrN2O. The highest BCUT2D eigenvalue weighted by Crippen LogP contribution is 2.26. The maximum Gasteiger partial charge on any atom is 0.112 e. The molecule has 1 atom stereocenters. The van der Waals surface area contributed by atoms with Crippen molar-refractivity contribution >= 4 is 15.9 Å².